The molecule has 2 atom stereocenters. The maximum Gasteiger partial charge on any atom is 0.224 e. The average Bonchev–Trinajstić information content (AvgIpc) is 3.19. The molecule has 154 valence electrons. The van der Waals surface area contributed by atoms with Gasteiger partial charge in [0.15, 0.2) is 0 Å². The van der Waals surface area contributed by atoms with Gasteiger partial charge >= 0.3 is 0 Å². The number of amides is 1. The average molecular weight is 404 g/mol. The van der Waals surface area contributed by atoms with Crippen molar-refractivity contribution in [1.82, 2.24) is 15.2 Å². The maximum absolute atomic E-state index is 13.4. The van der Waals surface area contributed by atoms with Crippen LogP contribution in [-0.2, 0) is 17.8 Å². The largest absolute Gasteiger partial charge is 0.355 e. The molecule has 4 rings (SSSR count). The lowest BCUT2D eigenvalue weighted by Gasteiger charge is -2.24. The van der Waals surface area contributed by atoms with Crippen molar-refractivity contribution in [3.8, 4) is 0 Å². The molecule has 1 aromatic heterocycles. The van der Waals surface area contributed by atoms with Crippen molar-refractivity contribution in [2.75, 3.05) is 13.1 Å². The van der Waals surface area contributed by atoms with Gasteiger partial charge in [0.05, 0.1) is 5.92 Å². The highest BCUT2D eigenvalue weighted by molar-refractivity contribution is 5.79. The molecule has 2 heterocycles. The number of aromatic nitrogens is 1. The number of benzene rings is 2. The Labute approximate surface area is 176 Å². The van der Waals surface area contributed by atoms with Crippen LogP contribution >= 0.6 is 0 Å². The van der Waals surface area contributed by atoms with Crippen molar-refractivity contribution < 1.29 is 9.18 Å². The van der Waals surface area contributed by atoms with Gasteiger partial charge in [-0.05, 0) is 41.8 Å². The van der Waals surface area contributed by atoms with Gasteiger partial charge in [0.25, 0.3) is 0 Å². The van der Waals surface area contributed by atoms with Crippen LogP contribution in [0, 0.1) is 11.7 Å². The Bertz CT molecular complexity index is 947. The lowest BCUT2D eigenvalue weighted by molar-refractivity contribution is -0.124. The first-order valence-electron chi connectivity index (χ1n) is 10.4. The number of likely N-dealkylation sites (tertiary alicyclic amines) is 1. The van der Waals surface area contributed by atoms with E-state index in [9.17, 15) is 9.18 Å². The molecule has 4 nitrogen and oxygen atoms in total. The SMILES string of the molecule is O=C(NCCc1ccccn1)[C@@H]1C[C@@H](c2ccc(F)cc2)N(Cc2ccccc2)C1. The highest BCUT2D eigenvalue weighted by atomic mass is 19.1. The fraction of sp³-hybridized carbons (Fsp3) is 0.280. The molecule has 1 N–H and O–H groups in total. The first-order chi connectivity index (χ1) is 14.7. The van der Waals surface area contributed by atoms with Crippen LogP contribution in [-0.4, -0.2) is 28.9 Å². The van der Waals surface area contributed by atoms with E-state index in [-0.39, 0.29) is 23.7 Å². The van der Waals surface area contributed by atoms with Crippen LogP contribution in [0.1, 0.15) is 29.3 Å². The van der Waals surface area contributed by atoms with Crippen molar-refractivity contribution in [3.05, 3.63) is 102 Å². The maximum atomic E-state index is 13.4. The van der Waals surface area contributed by atoms with Crippen LogP contribution in [0.2, 0.25) is 0 Å². The second-order valence-electron chi connectivity index (χ2n) is 7.78. The van der Waals surface area contributed by atoms with Crippen molar-refractivity contribution in [1.29, 1.82) is 0 Å². The Morgan fingerprint density at radius 3 is 2.53 bits per heavy atom. The summed E-state index contributed by atoms with van der Waals surface area (Å²) in [7, 11) is 0. The van der Waals surface area contributed by atoms with Crippen molar-refractivity contribution >= 4 is 5.91 Å². The third kappa shape index (κ3) is 5.10. The highest BCUT2D eigenvalue weighted by Gasteiger charge is 2.36. The van der Waals surface area contributed by atoms with Crippen LogP contribution in [0.15, 0.2) is 79.0 Å². The summed E-state index contributed by atoms with van der Waals surface area (Å²) in [6.45, 7) is 2.03. The number of carbonyl (C=O) groups is 1. The summed E-state index contributed by atoms with van der Waals surface area (Å²) in [5, 5.41) is 3.07. The summed E-state index contributed by atoms with van der Waals surface area (Å²) in [6.07, 6.45) is 3.21. The Hall–Kier alpha value is -3.05. The Balaban J connectivity index is 1.42. The summed E-state index contributed by atoms with van der Waals surface area (Å²) < 4.78 is 13.4. The summed E-state index contributed by atoms with van der Waals surface area (Å²) >= 11 is 0. The van der Waals surface area contributed by atoms with Crippen LogP contribution in [0.4, 0.5) is 4.39 Å². The molecule has 0 saturated carbocycles. The zero-order chi connectivity index (χ0) is 20.8. The molecule has 0 bridgehead atoms. The molecule has 0 unspecified atom stereocenters. The quantitative estimate of drug-likeness (QED) is 0.645. The van der Waals surface area contributed by atoms with Gasteiger partial charge in [-0.3, -0.25) is 14.7 Å². The van der Waals surface area contributed by atoms with E-state index >= 15 is 0 Å². The molecule has 3 aromatic rings. The zero-order valence-electron chi connectivity index (χ0n) is 16.9. The zero-order valence-corrected chi connectivity index (χ0v) is 16.9. The minimum absolute atomic E-state index is 0.0774. The molecular weight excluding hydrogens is 377 g/mol. The molecule has 0 aliphatic carbocycles. The smallest absolute Gasteiger partial charge is 0.224 e. The van der Waals surface area contributed by atoms with Crippen LogP contribution in [0.5, 0.6) is 0 Å². The molecule has 1 aliphatic heterocycles. The predicted octanol–water partition coefficient (Wildman–Crippen LogP) is 4.14. The van der Waals surface area contributed by atoms with E-state index < -0.39 is 0 Å². The normalized spacial score (nSPS) is 19.0. The minimum atomic E-state index is -0.241. The minimum Gasteiger partial charge on any atom is -0.355 e. The van der Waals surface area contributed by atoms with Crippen LogP contribution < -0.4 is 5.32 Å². The van der Waals surface area contributed by atoms with Gasteiger partial charge in [-0.25, -0.2) is 4.39 Å². The summed E-state index contributed by atoms with van der Waals surface area (Å²) in [4.78, 5) is 19.5. The number of rotatable bonds is 7. The number of nitrogens with zero attached hydrogens (tertiary/aromatic N) is 2. The Morgan fingerprint density at radius 2 is 1.80 bits per heavy atom. The summed E-state index contributed by atoms with van der Waals surface area (Å²) in [5.74, 6) is -0.253. The molecule has 0 spiro atoms. The topological polar surface area (TPSA) is 45.2 Å². The van der Waals surface area contributed by atoms with E-state index in [4.69, 9.17) is 0 Å². The first kappa shape index (κ1) is 20.2. The van der Waals surface area contributed by atoms with E-state index in [1.54, 1.807) is 6.20 Å². The van der Waals surface area contributed by atoms with Crippen LogP contribution in [0.25, 0.3) is 0 Å². The van der Waals surface area contributed by atoms with E-state index in [0.717, 1.165) is 24.2 Å². The second-order valence-corrected chi connectivity index (χ2v) is 7.78. The van der Waals surface area contributed by atoms with Gasteiger partial charge in [0, 0.05) is 44.0 Å². The van der Waals surface area contributed by atoms with Crippen molar-refractivity contribution in [2.45, 2.75) is 25.4 Å². The van der Waals surface area contributed by atoms with E-state index in [0.29, 0.717) is 19.5 Å². The van der Waals surface area contributed by atoms with Gasteiger partial charge < -0.3 is 5.32 Å². The van der Waals surface area contributed by atoms with Crippen LogP contribution in [0.3, 0.4) is 0 Å². The van der Waals surface area contributed by atoms with Gasteiger partial charge in [0.2, 0.25) is 5.91 Å². The molecule has 0 radical (unpaired) electrons. The molecular formula is C25H26FN3O. The summed E-state index contributed by atoms with van der Waals surface area (Å²) in [5.41, 5.74) is 3.23. The van der Waals surface area contributed by atoms with E-state index in [1.165, 1.54) is 17.7 Å². The fourth-order valence-electron chi connectivity index (χ4n) is 4.12. The van der Waals surface area contributed by atoms with Gasteiger partial charge in [-0.1, -0.05) is 48.5 Å². The van der Waals surface area contributed by atoms with E-state index in [2.05, 4.69) is 27.3 Å². The van der Waals surface area contributed by atoms with Gasteiger partial charge in [-0.15, -0.1) is 0 Å². The first-order valence-corrected chi connectivity index (χ1v) is 10.4. The Morgan fingerprint density at radius 1 is 1.03 bits per heavy atom. The molecule has 2 aromatic carbocycles. The molecule has 1 aliphatic rings. The number of hydrogen-bond donors (Lipinski definition) is 1. The number of halogens is 1. The summed E-state index contributed by atoms with van der Waals surface area (Å²) in [6, 6.07) is 22.8. The molecule has 1 saturated heterocycles. The number of hydrogen-bond acceptors (Lipinski definition) is 3. The van der Waals surface area contributed by atoms with Gasteiger partial charge in [0.1, 0.15) is 5.82 Å². The predicted molar refractivity (Wildman–Crippen MR) is 115 cm³/mol. The van der Waals surface area contributed by atoms with Crippen molar-refractivity contribution in [2.24, 2.45) is 5.92 Å². The molecule has 30 heavy (non-hydrogen) atoms. The third-order valence-electron chi connectivity index (χ3n) is 5.66. The lowest BCUT2D eigenvalue weighted by Crippen LogP contribution is -2.34. The van der Waals surface area contributed by atoms with E-state index in [1.807, 2.05) is 48.5 Å². The highest BCUT2D eigenvalue weighted by Crippen LogP contribution is 2.36. The number of carbonyl (C=O) groups excluding carboxylic acids is 1. The Kier molecular flexibility index (Phi) is 6.50. The second kappa shape index (κ2) is 9.63. The van der Waals surface area contributed by atoms with Gasteiger partial charge in [-0.2, -0.15) is 0 Å². The van der Waals surface area contributed by atoms with Crippen molar-refractivity contribution in [3.63, 3.8) is 0 Å². The monoisotopic (exact) mass is 403 g/mol. The fourth-order valence-corrected chi connectivity index (χ4v) is 4.12. The molecule has 5 heteroatoms. The molecule has 1 fully saturated rings. The lowest BCUT2D eigenvalue weighted by atomic mass is 9.99. The number of pyridine rings is 1. The molecule has 1 amide bonds. The number of nitrogens with one attached hydrogen (secondary N) is 1. The standard InChI is InChI=1S/C25H26FN3O/c26-22-11-9-20(10-12-22)24-16-21(18-29(24)17-19-6-2-1-3-7-19)25(30)28-15-13-23-8-4-5-14-27-23/h1-12,14,21,24H,13,15-18H2,(H,28,30)/t21-,24+/m1/s1. The third-order valence-corrected chi connectivity index (χ3v) is 5.66.